The van der Waals surface area contributed by atoms with E-state index in [0.717, 1.165) is 25.5 Å². The Morgan fingerprint density at radius 1 is 0.778 bits per heavy atom. The fraction of sp³-hybridized carbons (Fsp3) is 0.714. The molecule has 0 aliphatic heterocycles. The van der Waals surface area contributed by atoms with Gasteiger partial charge < -0.3 is 0 Å². The maximum absolute atomic E-state index is 12.4. The van der Waals surface area contributed by atoms with Gasteiger partial charge in [-0.15, -0.1) is 0 Å². The van der Waals surface area contributed by atoms with Crippen LogP contribution in [0.1, 0.15) is 84.0 Å². The Morgan fingerprint density at radius 3 is 1.74 bits per heavy atom. The van der Waals surface area contributed by atoms with Gasteiger partial charge in [-0.25, -0.2) is 16.8 Å². The van der Waals surface area contributed by atoms with E-state index in [2.05, 4.69) is 13.0 Å². The van der Waals surface area contributed by atoms with Gasteiger partial charge in [0.1, 0.15) is 0 Å². The molecule has 0 amide bonds. The summed E-state index contributed by atoms with van der Waals surface area (Å²) in [6.07, 6.45) is 15.3. The van der Waals surface area contributed by atoms with E-state index in [1.54, 1.807) is 0 Å². The van der Waals surface area contributed by atoms with E-state index in [9.17, 15) is 16.8 Å². The van der Waals surface area contributed by atoms with Crippen LogP contribution in [-0.2, 0) is 19.7 Å². The Morgan fingerprint density at radius 2 is 1.26 bits per heavy atom. The first kappa shape index (κ1) is 24.2. The van der Waals surface area contributed by atoms with E-state index in [1.165, 1.54) is 69.6 Å². The summed E-state index contributed by atoms with van der Waals surface area (Å²) in [5.74, 6) is 0.0671. The predicted molar refractivity (Wildman–Crippen MR) is 112 cm³/mol. The minimum atomic E-state index is -3.45. The number of hydrogen-bond acceptors (Lipinski definition) is 4. The van der Waals surface area contributed by atoms with Crippen molar-refractivity contribution in [3.63, 3.8) is 0 Å². The molecule has 0 N–H and O–H groups in total. The molecule has 0 saturated carbocycles. The lowest BCUT2D eigenvalue weighted by Crippen LogP contribution is -2.08. The van der Waals surface area contributed by atoms with Gasteiger partial charge in [0, 0.05) is 12.3 Å². The molecule has 0 atom stereocenters. The lowest BCUT2D eigenvalue weighted by atomic mass is 10.1. The Balaban J connectivity index is 2.21. The van der Waals surface area contributed by atoms with Gasteiger partial charge in [-0.1, -0.05) is 83.6 Å². The largest absolute Gasteiger partial charge is 0.224 e. The van der Waals surface area contributed by atoms with Crippen LogP contribution in [0.25, 0.3) is 0 Å². The average molecular weight is 416 g/mol. The SMILES string of the molecule is CCCCCCCCCCCCCCS(=O)(=O)c1cc[c]c(S(C)(=O)=O)c1. The molecule has 1 aromatic rings. The van der Waals surface area contributed by atoms with E-state index < -0.39 is 19.7 Å². The average Bonchev–Trinajstić information content (AvgIpc) is 2.62. The van der Waals surface area contributed by atoms with Crippen molar-refractivity contribution in [2.75, 3.05) is 12.0 Å². The van der Waals surface area contributed by atoms with E-state index in [4.69, 9.17) is 0 Å². The molecule has 27 heavy (non-hydrogen) atoms. The topological polar surface area (TPSA) is 68.3 Å². The van der Waals surface area contributed by atoms with Gasteiger partial charge in [-0.05, 0) is 18.6 Å². The summed E-state index contributed by atoms with van der Waals surface area (Å²) < 4.78 is 47.9. The van der Waals surface area contributed by atoms with Crippen molar-refractivity contribution in [2.24, 2.45) is 0 Å². The van der Waals surface area contributed by atoms with E-state index >= 15 is 0 Å². The zero-order chi connectivity index (χ0) is 20.2. The summed E-state index contributed by atoms with van der Waals surface area (Å²) in [5, 5.41) is 0. The lowest BCUT2D eigenvalue weighted by Gasteiger charge is -2.06. The van der Waals surface area contributed by atoms with Crippen molar-refractivity contribution < 1.29 is 16.8 Å². The van der Waals surface area contributed by atoms with Gasteiger partial charge in [0.05, 0.1) is 15.5 Å². The molecule has 1 aromatic carbocycles. The first-order chi connectivity index (χ1) is 12.8. The number of hydrogen-bond donors (Lipinski definition) is 0. The van der Waals surface area contributed by atoms with Gasteiger partial charge in [0.25, 0.3) is 0 Å². The molecule has 6 heteroatoms. The normalized spacial score (nSPS) is 12.4. The van der Waals surface area contributed by atoms with Crippen LogP contribution in [0.4, 0.5) is 0 Å². The molecule has 0 aromatic heterocycles. The van der Waals surface area contributed by atoms with Gasteiger partial charge in [0.15, 0.2) is 19.7 Å². The zero-order valence-corrected chi connectivity index (χ0v) is 18.5. The van der Waals surface area contributed by atoms with E-state index in [0.29, 0.717) is 6.42 Å². The minimum Gasteiger partial charge on any atom is -0.224 e. The second-order valence-electron chi connectivity index (χ2n) is 7.37. The number of benzene rings is 1. The van der Waals surface area contributed by atoms with Crippen molar-refractivity contribution in [3.05, 3.63) is 24.3 Å². The maximum Gasteiger partial charge on any atom is 0.178 e. The van der Waals surface area contributed by atoms with Crippen LogP contribution in [0.2, 0.25) is 0 Å². The predicted octanol–water partition coefficient (Wildman–Crippen LogP) is 5.37. The maximum atomic E-state index is 12.4. The molecule has 0 saturated heterocycles. The van der Waals surface area contributed by atoms with Gasteiger partial charge in [-0.3, -0.25) is 0 Å². The van der Waals surface area contributed by atoms with Crippen LogP contribution in [-0.4, -0.2) is 28.8 Å². The first-order valence-electron chi connectivity index (χ1n) is 10.2. The van der Waals surface area contributed by atoms with Crippen LogP contribution in [0, 0.1) is 6.07 Å². The molecule has 0 unspecified atom stereocenters. The summed E-state index contributed by atoms with van der Waals surface area (Å²) in [4.78, 5) is 0.00279. The third kappa shape index (κ3) is 10.3. The molecular weight excluding hydrogens is 380 g/mol. The van der Waals surface area contributed by atoms with Gasteiger partial charge in [-0.2, -0.15) is 0 Å². The molecule has 0 spiro atoms. The second-order valence-corrected chi connectivity index (χ2v) is 11.5. The third-order valence-electron chi connectivity index (χ3n) is 4.77. The van der Waals surface area contributed by atoms with Gasteiger partial charge >= 0.3 is 0 Å². The van der Waals surface area contributed by atoms with E-state index in [1.807, 2.05) is 0 Å². The molecule has 0 bridgehead atoms. The van der Waals surface area contributed by atoms with Crippen molar-refractivity contribution in [1.29, 1.82) is 0 Å². The minimum absolute atomic E-state index is 0.0671. The van der Waals surface area contributed by atoms with E-state index in [-0.39, 0.29) is 15.5 Å². The standard InChI is InChI=1S/C21H35O4S2/c1-3-4-5-6-7-8-9-10-11-12-13-14-18-27(24,25)21-17-15-16-20(19-21)26(2,22)23/h15,17,19H,3-14,18H2,1-2H3. The summed E-state index contributed by atoms with van der Waals surface area (Å²) in [6.45, 7) is 2.23. The third-order valence-corrected chi connectivity index (χ3v) is 7.60. The quantitative estimate of drug-likeness (QED) is 0.361. The highest BCUT2D eigenvalue weighted by molar-refractivity contribution is 7.92. The van der Waals surface area contributed by atoms with Crippen LogP contribution in [0.15, 0.2) is 28.0 Å². The monoisotopic (exact) mass is 415 g/mol. The highest BCUT2D eigenvalue weighted by Gasteiger charge is 2.17. The summed E-state index contributed by atoms with van der Waals surface area (Å²) in [6, 6.07) is 6.58. The molecule has 0 fully saturated rings. The number of rotatable bonds is 15. The van der Waals surface area contributed by atoms with Crippen molar-refractivity contribution in [1.82, 2.24) is 0 Å². The number of sulfone groups is 2. The molecule has 1 rings (SSSR count). The zero-order valence-electron chi connectivity index (χ0n) is 16.9. The fourth-order valence-electron chi connectivity index (χ4n) is 3.08. The van der Waals surface area contributed by atoms with Crippen LogP contribution < -0.4 is 0 Å². The molecule has 0 heterocycles. The van der Waals surface area contributed by atoms with Crippen molar-refractivity contribution in [3.8, 4) is 0 Å². The fourth-order valence-corrected chi connectivity index (χ4v) is 5.17. The van der Waals surface area contributed by atoms with Crippen LogP contribution >= 0.6 is 0 Å². The Labute approximate surface area is 166 Å². The number of unbranched alkanes of at least 4 members (excludes halogenated alkanes) is 11. The smallest absolute Gasteiger partial charge is 0.178 e. The summed E-state index contributed by atoms with van der Waals surface area (Å²) in [7, 11) is -6.89. The lowest BCUT2D eigenvalue weighted by molar-refractivity contribution is 0.546. The van der Waals surface area contributed by atoms with Crippen LogP contribution in [0.5, 0.6) is 0 Å². The first-order valence-corrected chi connectivity index (χ1v) is 13.8. The summed E-state index contributed by atoms with van der Waals surface area (Å²) in [5.41, 5.74) is 0. The van der Waals surface area contributed by atoms with Crippen molar-refractivity contribution >= 4 is 19.7 Å². The van der Waals surface area contributed by atoms with Crippen LogP contribution in [0.3, 0.4) is 0 Å². The highest BCUT2D eigenvalue weighted by Crippen LogP contribution is 2.18. The molecule has 0 aliphatic carbocycles. The Kier molecular flexibility index (Phi) is 11.2. The molecule has 1 radical (unpaired) electrons. The second kappa shape index (κ2) is 12.6. The molecule has 4 nitrogen and oxygen atoms in total. The van der Waals surface area contributed by atoms with Crippen molar-refractivity contribution in [2.45, 2.75) is 93.8 Å². The molecule has 0 aliphatic rings. The highest BCUT2D eigenvalue weighted by atomic mass is 32.2. The summed E-state index contributed by atoms with van der Waals surface area (Å²) >= 11 is 0. The molecule has 155 valence electrons. The Hall–Kier alpha value is -0.880. The molecular formula is C21H35O4S2. The van der Waals surface area contributed by atoms with Gasteiger partial charge in [0.2, 0.25) is 0 Å². The Bertz CT molecular complexity index is 737.